The van der Waals surface area contributed by atoms with Crippen molar-refractivity contribution in [2.75, 3.05) is 16.7 Å². The van der Waals surface area contributed by atoms with Crippen LogP contribution in [0.5, 0.6) is 0 Å². The normalized spacial score (nSPS) is 11.2. The molecule has 10 heteroatoms. The van der Waals surface area contributed by atoms with Gasteiger partial charge in [-0.2, -0.15) is 0 Å². The molecule has 0 unspecified atom stereocenters. The number of rotatable bonds is 6. The summed E-state index contributed by atoms with van der Waals surface area (Å²) in [6.07, 6.45) is 0. The molecule has 0 aliphatic rings. The van der Waals surface area contributed by atoms with Crippen LogP contribution < -0.4 is 9.62 Å². The highest BCUT2D eigenvalue weighted by molar-refractivity contribution is 7.92. The van der Waals surface area contributed by atoms with E-state index in [1.165, 1.54) is 37.4 Å². The first-order valence-electron chi connectivity index (χ1n) is 9.62. The van der Waals surface area contributed by atoms with Crippen LogP contribution >= 0.6 is 11.3 Å². The Labute approximate surface area is 193 Å². The summed E-state index contributed by atoms with van der Waals surface area (Å²) in [5.74, 6) is -1.95. The Morgan fingerprint density at radius 3 is 2.36 bits per heavy atom. The average molecular weight is 486 g/mol. The number of carbonyl (C=O) groups excluding carboxylic acids is 1. The number of nitrogens with zero attached hydrogens (tertiary/aromatic N) is 2. The molecule has 3 aromatic carbocycles. The summed E-state index contributed by atoms with van der Waals surface area (Å²) in [4.78, 5) is 16.8. The minimum absolute atomic E-state index is 0.0359. The van der Waals surface area contributed by atoms with Gasteiger partial charge < -0.3 is 0 Å². The Bertz CT molecular complexity index is 1410. The van der Waals surface area contributed by atoms with Gasteiger partial charge in [0.05, 0.1) is 16.3 Å². The highest BCUT2D eigenvalue weighted by Gasteiger charge is 2.21. The first kappa shape index (κ1) is 22.6. The lowest BCUT2D eigenvalue weighted by Gasteiger charge is -2.19. The van der Waals surface area contributed by atoms with Gasteiger partial charge in [0.1, 0.15) is 11.6 Å². The van der Waals surface area contributed by atoms with Crippen molar-refractivity contribution in [3.8, 4) is 11.3 Å². The molecule has 1 aromatic heterocycles. The Morgan fingerprint density at radius 1 is 1.00 bits per heavy atom. The second kappa shape index (κ2) is 9.08. The molecule has 4 rings (SSSR count). The van der Waals surface area contributed by atoms with Crippen molar-refractivity contribution in [3.63, 3.8) is 0 Å². The SMILES string of the molecule is CN(c1ccccc1)S(=O)(=O)c1ccc(C(=O)Nc2nc(-c3ccc(F)cc3F)cs2)cc1. The summed E-state index contributed by atoms with van der Waals surface area (Å²) < 4.78 is 53.9. The largest absolute Gasteiger partial charge is 0.298 e. The van der Waals surface area contributed by atoms with E-state index in [0.29, 0.717) is 5.69 Å². The van der Waals surface area contributed by atoms with Gasteiger partial charge in [-0.1, -0.05) is 18.2 Å². The second-order valence-corrected chi connectivity index (χ2v) is 9.78. The second-order valence-electron chi connectivity index (χ2n) is 6.95. The lowest BCUT2D eigenvalue weighted by molar-refractivity contribution is 0.102. The van der Waals surface area contributed by atoms with Crippen molar-refractivity contribution in [1.29, 1.82) is 0 Å². The number of hydrogen-bond donors (Lipinski definition) is 1. The quantitative estimate of drug-likeness (QED) is 0.409. The smallest absolute Gasteiger partial charge is 0.264 e. The number of halogens is 2. The molecule has 33 heavy (non-hydrogen) atoms. The zero-order valence-electron chi connectivity index (χ0n) is 17.2. The molecule has 1 heterocycles. The van der Waals surface area contributed by atoms with Crippen molar-refractivity contribution in [3.05, 3.63) is 95.4 Å². The van der Waals surface area contributed by atoms with Crippen molar-refractivity contribution >= 4 is 38.1 Å². The number of para-hydroxylation sites is 1. The van der Waals surface area contributed by atoms with Gasteiger partial charge in [-0.05, 0) is 48.5 Å². The third-order valence-electron chi connectivity index (χ3n) is 4.83. The molecule has 0 saturated heterocycles. The van der Waals surface area contributed by atoms with E-state index >= 15 is 0 Å². The molecule has 4 aromatic rings. The maximum Gasteiger partial charge on any atom is 0.264 e. The predicted octanol–water partition coefficient (Wildman–Crippen LogP) is 5.17. The van der Waals surface area contributed by atoms with Crippen LogP contribution in [0.3, 0.4) is 0 Å². The molecule has 168 valence electrons. The van der Waals surface area contributed by atoms with Crippen molar-refractivity contribution in [2.24, 2.45) is 0 Å². The van der Waals surface area contributed by atoms with Gasteiger partial charge in [0.15, 0.2) is 5.13 Å². The number of amides is 1. The van der Waals surface area contributed by atoms with E-state index in [-0.39, 0.29) is 26.8 Å². The first-order valence-corrected chi connectivity index (χ1v) is 11.9. The standard InChI is InChI=1S/C23H17F2N3O3S2/c1-28(17-5-3-2-4-6-17)33(30,31)18-10-7-15(8-11-18)22(29)27-23-26-21(14-32-23)19-12-9-16(24)13-20(19)25/h2-14H,1H3,(H,26,27,29). The van der Waals surface area contributed by atoms with Gasteiger partial charge in [0, 0.05) is 29.6 Å². The summed E-state index contributed by atoms with van der Waals surface area (Å²) >= 11 is 1.08. The van der Waals surface area contributed by atoms with E-state index in [1.807, 2.05) is 0 Å². The molecule has 0 spiro atoms. The highest BCUT2D eigenvalue weighted by atomic mass is 32.2. The number of sulfonamides is 1. The number of aromatic nitrogens is 1. The minimum atomic E-state index is -3.80. The highest BCUT2D eigenvalue weighted by Crippen LogP contribution is 2.28. The lowest BCUT2D eigenvalue weighted by Crippen LogP contribution is -2.26. The summed E-state index contributed by atoms with van der Waals surface area (Å²) in [7, 11) is -2.35. The Morgan fingerprint density at radius 2 is 1.70 bits per heavy atom. The molecular weight excluding hydrogens is 468 g/mol. The number of thiazole rings is 1. The van der Waals surface area contributed by atoms with Crippen LogP contribution in [0.1, 0.15) is 10.4 Å². The molecule has 1 N–H and O–H groups in total. The fourth-order valence-electron chi connectivity index (χ4n) is 3.03. The van der Waals surface area contributed by atoms with Gasteiger partial charge in [-0.3, -0.25) is 14.4 Å². The van der Waals surface area contributed by atoms with Crippen molar-refractivity contribution < 1.29 is 22.0 Å². The summed E-state index contributed by atoms with van der Waals surface area (Å²) in [6.45, 7) is 0. The van der Waals surface area contributed by atoms with Gasteiger partial charge in [0.25, 0.3) is 15.9 Å². The van der Waals surface area contributed by atoms with Crippen LogP contribution in [0, 0.1) is 11.6 Å². The monoisotopic (exact) mass is 485 g/mol. The van der Waals surface area contributed by atoms with E-state index in [9.17, 15) is 22.0 Å². The summed E-state index contributed by atoms with van der Waals surface area (Å²) in [6, 6.07) is 17.3. The van der Waals surface area contributed by atoms with Crippen LogP contribution in [0.2, 0.25) is 0 Å². The van der Waals surface area contributed by atoms with Crippen LogP contribution in [0.25, 0.3) is 11.3 Å². The summed E-state index contributed by atoms with van der Waals surface area (Å²) in [5, 5.41) is 4.36. The maximum atomic E-state index is 14.0. The van der Waals surface area contributed by atoms with Crippen molar-refractivity contribution in [1.82, 2.24) is 4.98 Å². The minimum Gasteiger partial charge on any atom is -0.298 e. The first-order chi connectivity index (χ1) is 15.8. The average Bonchev–Trinajstić information content (AvgIpc) is 3.27. The zero-order chi connectivity index (χ0) is 23.6. The maximum absolute atomic E-state index is 14.0. The number of anilines is 2. The molecule has 1 amide bonds. The molecule has 0 atom stereocenters. The van der Waals surface area contributed by atoms with Gasteiger partial charge in [-0.15, -0.1) is 11.3 Å². The third-order valence-corrected chi connectivity index (χ3v) is 7.38. The topological polar surface area (TPSA) is 79.4 Å². The third kappa shape index (κ3) is 4.76. The molecule has 0 aliphatic carbocycles. The molecule has 0 radical (unpaired) electrons. The molecule has 0 aliphatic heterocycles. The van der Waals surface area contributed by atoms with E-state index in [4.69, 9.17) is 0 Å². The molecular formula is C23H17F2N3O3S2. The zero-order valence-corrected chi connectivity index (χ0v) is 18.8. The van der Waals surface area contributed by atoms with Gasteiger partial charge >= 0.3 is 0 Å². The van der Waals surface area contributed by atoms with Crippen LogP contribution in [0.15, 0.2) is 83.1 Å². The van der Waals surface area contributed by atoms with Crippen LogP contribution in [-0.4, -0.2) is 26.4 Å². The number of hydrogen-bond acceptors (Lipinski definition) is 5. The van der Waals surface area contributed by atoms with Crippen LogP contribution in [0.4, 0.5) is 19.6 Å². The van der Waals surface area contributed by atoms with Crippen LogP contribution in [-0.2, 0) is 10.0 Å². The molecule has 0 saturated carbocycles. The van der Waals surface area contributed by atoms with E-state index < -0.39 is 27.6 Å². The Balaban J connectivity index is 1.48. The van der Waals surface area contributed by atoms with E-state index in [0.717, 1.165) is 27.8 Å². The van der Waals surface area contributed by atoms with Gasteiger partial charge in [-0.25, -0.2) is 22.2 Å². The van der Waals surface area contributed by atoms with Gasteiger partial charge in [0.2, 0.25) is 0 Å². The number of benzene rings is 3. The predicted molar refractivity (Wildman–Crippen MR) is 124 cm³/mol. The fourth-order valence-corrected chi connectivity index (χ4v) is 4.94. The number of nitrogens with one attached hydrogen (secondary N) is 1. The van der Waals surface area contributed by atoms with E-state index in [1.54, 1.807) is 35.7 Å². The number of carbonyl (C=O) groups is 1. The molecule has 0 bridgehead atoms. The lowest BCUT2D eigenvalue weighted by atomic mass is 10.1. The fraction of sp³-hybridized carbons (Fsp3) is 0.0435. The Hall–Kier alpha value is -3.63. The Kier molecular flexibility index (Phi) is 6.21. The van der Waals surface area contributed by atoms with Crippen molar-refractivity contribution in [2.45, 2.75) is 4.90 Å². The van der Waals surface area contributed by atoms with E-state index in [2.05, 4.69) is 10.3 Å². The summed E-state index contributed by atoms with van der Waals surface area (Å²) in [5.41, 5.74) is 1.11. The molecule has 6 nitrogen and oxygen atoms in total. The molecule has 0 fully saturated rings.